The number of halogens is 1. The number of pyridine rings is 1. The van der Waals surface area contributed by atoms with Crippen molar-refractivity contribution >= 4 is 46.4 Å². The molecule has 0 saturated carbocycles. The molecule has 202 valence electrons. The van der Waals surface area contributed by atoms with Gasteiger partial charge < -0.3 is 20.5 Å². The molecule has 40 heavy (non-hydrogen) atoms. The second kappa shape index (κ2) is 13.3. The second-order valence-corrected chi connectivity index (χ2v) is 10.7. The summed E-state index contributed by atoms with van der Waals surface area (Å²) >= 11 is 8.81. The van der Waals surface area contributed by atoms with Crippen molar-refractivity contribution in [3.05, 3.63) is 75.8 Å². The summed E-state index contributed by atoms with van der Waals surface area (Å²) in [5, 5.41) is 33.2. The first-order valence-electron chi connectivity index (χ1n) is 11.9. The summed E-state index contributed by atoms with van der Waals surface area (Å²) in [6.07, 6.45) is 0. The van der Waals surface area contributed by atoms with Crippen molar-refractivity contribution in [3.8, 4) is 39.6 Å². The molecule has 3 N–H and O–H groups in total. The van der Waals surface area contributed by atoms with E-state index in [9.17, 15) is 15.3 Å². The van der Waals surface area contributed by atoms with Crippen molar-refractivity contribution in [1.29, 1.82) is 10.5 Å². The van der Waals surface area contributed by atoms with Crippen molar-refractivity contribution in [2.24, 2.45) is 5.73 Å². The summed E-state index contributed by atoms with van der Waals surface area (Å²) < 4.78 is 5.45. The Bertz CT molecular complexity index is 1590. The Balaban J connectivity index is 1.74. The molecule has 4 rings (SSSR count). The highest BCUT2D eigenvalue weighted by Crippen LogP contribution is 2.39. The molecule has 0 aliphatic heterocycles. The Hall–Kier alpha value is -4.13. The van der Waals surface area contributed by atoms with Crippen molar-refractivity contribution in [2.75, 3.05) is 31.7 Å². The molecule has 0 aliphatic rings. The molecule has 0 spiro atoms. The van der Waals surface area contributed by atoms with Crippen molar-refractivity contribution in [3.63, 3.8) is 0 Å². The van der Waals surface area contributed by atoms with E-state index < -0.39 is 5.91 Å². The van der Waals surface area contributed by atoms with E-state index in [0.717, 1.165) is 16.3 Å². The predicted molar refractivity (Wildman–Crippen MR) is 156 cm³/mol. The average Bonchev–Trinajstić information content (AvgIpc) is 3.43. The molecule has 0 saturated heterocycles. The van der Waals surface area contributed by atoms with Crippen LogP contribution in [0.15, 0.2) is 58.9 Å². The lowest BCUT2D eigenvalue weighted by Gasteiger charge is -2.21. The van der Waals surface area contributed by atoms with Gasteiger partial charge in [0.1, 0.15) is 45.9 Å². The zero-order valence-corrected chi connectivity index (χ0v) is 23.7. The minimum absolute atomic E-state index is 0.125. The highest BCUT2D eigenvalue weighted by molar-refractivity contribution is 7.98. The van der Waals surface area contributed by atoms with Gasteiger partial charge in [-0.25, -0.2) is 9.97 Å². The van der Waals surface area contributed by atoms with Crippen LogP contribution in [-0.4, -0.2) is 47.8 Å². The standard InChI is InChI=1S/C28H23ClN6O3S2/c1-35(14-24(32)37)26-22(12-30)25(17-4-8-21(9-5-17)38-11-10-36)23(13-31)28(34-26)40-16-20-15-39-27(33-20)18-2-6-19(29)7-3-18/h2-9,15,36H,10-11,14,16H2,1H3,(H2,32,37). The first-order valence-corrected chi connectivity index (χ1v) is 14.1. The topological polar surface area (TPSA) is 149 Å². The van der Waals surface area contributed by atoms with Gasteiger partial charge in [0.25, 0.3) is 0 Å². The predicted octanol–water partition coefficient (Wildman–Crippen LogP) is 4.85. The van der Waals surface area contributed by atoms with E-state index in [1.54, 1.807) is 31.3 Å². The molecule has 2 heterocycles. The number of nitrogens with zero attached hydrogens (tertiary/aromatic N) is 5. The Morgan fingerprint density at radius 1 is 1.10 bits per heavy atom. The molecule has 1 amide bonds. The molecule has 2 aromatic heterocycles. The zero-order valence-electron chi connectivity index (χ0n) is 21.3. The van der Waals surface area contributed by atoms with Gasteiger partial charge in [0.05, 0.1) is 24.4 Å². The van der Waals surface area contributed by atoms with Gasteiger partial charge in [0.2, 0.25) is 5.91 Å². The molecular formula is C28H23ClN6O3S2. The van der Waals surface area contributed by atoms with Gasteiger partial charge in [-0.2, -0.15) is 10.5 Å². The number of aliphatic hydroxyl groups excluding tert-OH is 1. The third kappa shape index (κ3) is 6.71. The maximum Gasteiger partial charge on any atom is 0.236 e. The fourth-order valence-corrected chi connectivity index (χ4v) is 5.79. The number of thiazole rings is 1. The summed E-state index contributed by atoms with van der Waals surface area (Å²) in [6.45, 7) is -0.151. The number of rotatable bonds is 11. The number of benzene rings is 2. The molecule has 2 aromatic carbocycles. The van der Waals surface area contributed by atoms with Gasteiger partial charge in [-0.3, -0.25) is 4.79 Å². The van der Waals surface area contributed by atoms with Gasteiger partial charge >= 0.3 is 0 Å². The third-order valence-electron chi connectivity index (χ3n) is 5.63. The summed E-state index contributed by atoms with van der Waals surface area (Å²) in [7, 11) is 1.61. The average molecular weight is 591 g/mol. The summed E-state index contributed by atoms with van der Waals surface area (Å²) in [5.41, 5.74) is 8.54. The monoisotopic (exact) mass is 590 g/mol. The van der Waals surface area contributed by atoms with Crippen LogP contribution in [0.2, 0.25) is 5.02 Å². The van der Waals surface area contributed by atoms with Gasteiger partial charge in [-0.15, -0.1) is 11.3 Å². The molecular weight excluding hydrogens is 568 g/mol. The number of aliphatic hydroxyl groups is 1. The van der Waals surface area contributed by atoms with E-state index in [1.165, 1.54) is 28.0 Å². The lowest BCUT2D eigenvalue weighted by atomic mass is 9.96. The van der Waals surface area contributed by atoms with Gasteiger partial charge in [-0.05, 0) is 29.8 Å². The largest absolute Gasteiger partial charge is 0.491 e. The van der Waals surface area contributed by atoms with Crippen LogP contribution >= 0.6 is 34.7 Å². The number of hydrogen-bond donors (Lipinski definition) is 2. The van der Waals surface area contributed by atoms with E-state index in [0.29, 0.717) is 32.7 Å². The molecule has 12 heteroatoms. The molecule has 0 bridgehead atoms. The third-order valence-corrected chi connectivity index (χ3v) is 7.83. The van der Waals surface area contributed by atoms with Crippen LogP contribution in [0.5, 0.6) is 5.75 Å². The highest BCUT2D eigenvalue weighted by atomic mass is 35.5. The Morgan fingerprint density at radius 2 is 1.77 bits per heavy atom. The quantitative estimate of drug-likeness (QED) is 0.234. The molecule has 9 nitrogen and oxygen atoms in total. The number of ether oxygens (including phenoxy) is 1. The lowest BCUT2D eigenvalue weighted by molar-refractivity contribution is -0.116. The number of amides is 1. The maximum absolute atomic E-state index is 11.7. The molecule has 0 radical (unpaired) electrons. The second-order valence-electron chi connectivity index (χ2n) is 8.45. The number of thioether (sulfide) groups is 1. The van der Waals surface area contributed by atoms with E-state index in [2.05, 4.69) is 17.1 Å². The Labute approximate surface area is 244 Å². The number of nitriles is 2. The number of carbonyl (C=O) groups excluding carboxylic acids is 1. The van der Waals surface area contributed by atoms with E-state index in [-0.39, 0.29) is 36.7 Å². The number of anilines is 1. The SMILES string of the molecule is CN(CC(N)=O)c1nc(SCc2csc(-c3ccc(Cl)cc3)n2)c(C#N)c(-c2ccc(OCCO)cc2)c1C#N. The van der Waals surface area contributed by atoms with E-state index in [1.807, 2.05) is 29.6 Å². The minimum Gasteiger partial charge on any atom is -0.491 e. The van der Waals surface area contributed by atoms with E-state index in [4.69, 9.17) is 32.2 Å². The number of carbonyl (C=O) groups is 1. The van der Waals surface area contributed by atoms with Crippen LogP contribution in [0.4, 0.5) is 5.82 Å². The van der Waals surface area contributed by atoms with Gasteiger partial charge in [0.15, 0.2) is 0 Å². The fraction of sp³-hybridized carbons (Fsp3) is 0.179. The minimum atomic E-state index is -0.587. The van der Waals surface area contributed by atoms with Crippen molar-refractivity contribution in [2.45, 2.75) is 10.8 Å². The summed E-state index contributed by atoms with van der Waals surface area (Å²) in [4.78, 5) is 22.5. The van der Waals surface area contributed by atoms with Crippen molar-refractivity contribution < 1.29 is 14.6 Å². The molecule has 0 aliphatic carbocycles. The van der Waals surface area contributed by atoms with Crippen LogP contribution in [-0.2, 0) is 10.5 Å². The van der Waals surface area contributed by atoms with Crippen LogP contribution in [0.3, 0.4) is 0 Å². The maximum atomic E-state index is 11.7. The number of nitrogens with two attached hydrogens (primary N) is 1. The Kier molecular flexibility index (Phi) is 9.59. The van der Waals surface area contributed by atoms with Crippen LogP contribution < -0.4 is 15.4 Å². The number of hydrogen-bond acceptors (Lipinski definition) is 10. The molecule has 4 aromatic rings. The van der Waals surface area contributed by atoms with Crippen LogP contribution in [0.25, 0.3) is 21.7 Å². The van der Waals surface area contributed by atoms with Gasteiger partial charge in [-0.1, -0.05) is 47.6 Å². The zero-order chi connectivity index (χ0) is 28.6. The fourth-order valence-electron chi connectivity index (χ4n) is 3.86. The first-order chi connectivity index (χ1) is 19.3. The summed E-state index contributed by atoms with van der Waals surface area (Å²) in [5.74, 6) is 0.600. The highest BCUT2D eigenvalue weighted by Gasteiger charge is 2.24. The first kappa shape index (κ1) is 28.9. The smallest absolute Gasteiger partial charge is 0.236 e. The van der Waals surface area contributed by atoms with Crippen LogP contribution in [0, 0.1) is 22.7 Å². The van der Waals surface area contributed by atoms with Crippen molar-refractivity contribution in [1.82, 2.24) is 9.97 Å². The number of aromatic nitrogens is 2. The Morgan fingerprint density at radius 3 is 2.40 bits per heavy atom. The molecule has 0 fully saturated rings. The molecule has 0 atom stereocenters. The molecule has 0 unspecified atom stereocenters. The summed E-state index contributed by atoms with van der Waals surface area (Å²) in [6, 6.07) is 18.7. The lowest BCUT2D eigenvalue weighted by Crippen LogP contribution is -2.32. The van der Waals surface area contributed by atoms with E-state index >= 15 is 0 Å². The van der Waals surface area contributed by atoms with Crippen LogP contribution in [0.1, 0.15) is 16.8 Å². The normalized spacial score (nSPS) is 10.5. The van der Waals surface area contributed by atoms with Gasteiger partial charge in [0, 0.05) is 34.3 Å². The number of primary amides is 1. The number of likely N-dealkylation sites (N-methyl/N-ethyl adjacent to an activating group) is 1.